The average Bonchev–Trinajstić information content (AvgIpc) is 2.63. The van der Waals surface area contributed by atoms with Crippen LogP contribution in [-0.4, -0.2) is 9.41 Å². The lowest BCUT2D eigenvalue weighted by atomic mass is 9.75. The van der Waals surface area contributed by atoms with Gasteiger partial charge in [0.2, 0.25) is 0 Å². The molecular formula is C20H17ClINO. The quantitative estimate of drug-likeness (QED) is 0.348. The van der Waals surface area contributed by atoms with Gasteiger partial charge in [0.25, 0.3) is 0 Å². The van der Waals surface area contributed by atoms with Crippen LogP contribution in [0.1, 0.15) is 30.6 Å². The predicted molar refractivity (Wildman–Crippen MR) is 107 cm³/mol. The van der Waals surface area contributed by atoms with Crippen molar-refractivity contribution < 1.29 is 4.74 Å². The Morgan fingerprint density at radius 1 is 1.25 bits per heavy atom. The Morgan fingerprint density at radius 3 is 2.79 bits per heavy atom. The third kappa shape index (κ3) is 2.58. The van der Waals surface area contributed by atoms with E-state index in [2.05, 4.69) is 64.8 Å². The summed E-state index contributed by atoms with van der Waals surface area (Å²) in [6.07, 6.45) is 2.77. The van der Waals surface area contributed by atoms with Crippen molar-refractivity contribution in [3.8, 4) is 5.75 Å². The second-order valence-corrected chi connectivity index (χ2v) is 7.72. The van der Waals surface area contributed by atoms with Crippen molar-refractivity contribution >= 4 is 45.1 Å². The van der Waals surface area contributed by atoms with Crippen molar-refractivity contribution in [1.29, 1.82) is 0 Å². The largest absolute Gasteiger partial charge is 0.483 e. The van der Waals surface area contributed by atoms with Gasteiger partial charge in [0.1, 0.15) is 17.4 Å². The van der Waals surface area contributed by atoms with Gasteiger partial charge in [-0.3, -0.25) is 4.98 Å². The first-order chi connectivity index (χ1) is 11.6. The minimum Gasteiger partial charge on any atom is -0.483 e. The molecule has 1 aliphatic rings. The standard InChI is InChI=1S/C20H17ClINO/c1-20(12-22)11-17(13-6-3-2-4-7-13)24-19-15(20)10-16(21)14-8-5-9-23-18(14)19/h2-10,17H,11-12H2,1H3/t17-,20-/m0/s1. The maximum atomic E-state index is 6.53. The van der Waals surface area contributed by atoms with Crippen molar-refractivity contribution in [3.05, 3.63) is 70.9 Å². The van der Waals surface area contributed by atoms with Gasteiger partial charge in [0, 0.05) is 27.0 Å². The number of ether oxygens (including phenoxy) is 1. The second kappa shape index (κ2) is 6.19. The Bertz CT molecular complexity index is 899. The van der Waals surface area contributed by atoms with E-state index in [1.165, 1.54) is 11.1 Å². The fourth-order valence-electron chi connectivity index (χ4n) is 3.43. The molecule has 122 valence electrons. The van der Waals surface area contributed by atoms with E-state index in [9.17, 15) is 0 Å². The van der Waals surface area contributed by atoms with Gasteiger partial charge >= 0.3 is 0 Å². The monoisotopic (exact) mass is 449 g/mol. The summed E-state index contributed by atoms with van der Waals surface area (Å²) in [5, 5.41) is 1.69. The van der Waals surface area contributed by atoms with Gasteiger partial charge in [-0.15, -0.1) is 0 Å². The van der Waals surface area contributed by atoms with Crippen LogP contribution >= 0.6 is 34.2 Å². The molecule has 2 heterocycles. The number of benzene rings is 2. The highest BCUT2D eigenvalue weighted by molar-refractivity contribution is 14.1. The highest BCUT2D eigenvalue weighted by Gasteiger charge is 2.39. The first-order valence-electron chi connectivity index (χ1n) is 7.98. The fourth-order valence-corrected chi connectivity index (χ4v) is 4.41. The summed E-state index contributed by atoms with van der Waals surface area (Å²) in [6.45, 7) is 2.29. The molecule has 0 bridgehead atoms. The molecule has 0 radical (unpaired) electrons. The molecule has 0 N–H and O–H groups in total. The third-order valence-corrected chi connectivity index (χ3v) is 6.80. The Labute approximate surface area is 160 Å². The van der Waals surface area contributed by atoms with E-state index in [1.54, 1.807) is 6.20 Å². The Balaban J connectivity index is 1.94. The van der Waals surface area contributed by atoms with Crippen LogP contribution in [0.15, 0.2) is 54.7 Å². The van der Waals surface area contributed by atoms with Gasteiger partial charge in [-0.05, 0) is 30.2 Å². The van der Waals surface area contributed by atoms with Gasteiger partial charge in [-0.25, -0.2) is 0 Å². The summed E-state index contributed by atoms with van der Waals surface area (Å²) < 4.78 is 7.46. The van der Waals surface area contributed by atoms with Crippen molar-refractivity contribution in [1.82, 2.24) is 4.98 Å². The number of hydrogen-bond acceptors (Lipinski definition) is 2. The second-order valence-electron chi connectivity index (χ2n) is 6.55. The molecule has 0 saturated carbocycles. The molecule has 0 saturated heterocycles. The summed E-state index contributed by atoms with van der Waals surface area (Å²) in [5.74, 6) is 0.884. The highest BCUT2D eigenvalue weighted by atomic mass is 127. The molecule has 0 aliphatic carbocycles. The molecule has 1 aromatic heterocycles. The maximum Gasteiger partial charge on any atom is 0.150 e. The number of rotatable bonds is 2. The Kier molecular flexibility index (Phi) is 4.17. The van der Waals surface area contributed by atoms with Crippen LogP contribution in [0.4, 0.5) is 0 Å². The van der Waals surface area contributed by atoms with Crippen LogP contribution in [0, 0.1) is 0 Å². The molecule has 2 atom stereocenters. The van der Waals surface area contributed by atoms with Crippen LogP contribution in [-0.2, 0) is 5.41 Å². The van der Waals surface area contributed by atoms with E-state index in [0.29, 0.717) is 0 Å². The summed E-state index contributed by atoms with van der Waals surface area (Å²) in [6, 6.07) is 16.4. The van der Waals surface area contributed by atoms with Crippen LogP contribution < -0.4 is 4.74 Å². The number of nitrogens with zero attached hydrogens (tertiary/aromatic N) is 1. The van der Waals surface area contributed by atoms with Crippen LogP contribution in [0.25, 0.3) is 10.9 Å². The minimum atomic E-state index is 0.00397. The van der Waals surface area contributed by atoms with E-state index in [1.807, 2.05) is 18.2 Å². The van der Waals surface area contributed by atoms with Gasteiger partial charge in [0.15, 0.2) is 0 Å². The highest BCUT2D eigenvalue weighted by Crippen LogP contribution is 2.50. The summed E-state index contributed by atoms with van der Waals surface area (Å²) in [7, 11) is 0. The van der Waals surface area contributed by atoms with E-state index in [-0.39, 0.29) is 11.5 Å². The van der Waals surface area contributed by atoms with Crippen molar-refractivity contribution in [2.24, 2.45) is 0 Å². The van der Waals surface area contributed by atoms with E-state index < -0.39 is 0 Å². The van der Waals surface area contributed by atoms with Crippen molar-refractivity contribution in [2.45, 2.75) is 24.9 Å². The first-order valence-corrected chi connectivity index (χ1v) is 9.88. The molecule has 2 aromatic carbocycles. The third-order valence-electron chi connectivity index (χ3n) is 4.81. The van der Waals surface area contributed by atoms with Crippen LogP contribution in [0.3, 0.4) is 0 Å². The average molecular weight is 450 g/mol. The lowest BCUT2D eigenvalue weighted by Crippen LogP contribution is -2.33. The molecule has 0 amide bonds. The fraction of sp³-hybridized carbons (Fsp3) is 0.250. The Morgan fingerprint density at radius 2 is 2.04 bits per heavy atom. The zero-order chi connectivity index (χ0) is 16.7. The maximum absolute atomic E-state index is 6.53. The Hall–Kier alpha value is -1.33. The number of hydrogen-bond donors (Lipinski definition) is 0. The minimum absolute atomic E-state index is 0.00397. The lowest BCUT2D eigenvalue weighted by molar-refractivity contribution is 0.140. The first kappa shape index (κ1) is 16.2. The molecule has 1 aliphatic heterocycles. The lowest BCUT2D eigenvalue weighted by Gasteiger charge is -2.39. The smallest absolute Gasteiger partial charge is 0.150 e. The summed E-state index contributed by atoms with van der Waals surface area (Å²) in [5.41, 5.74) is 3.24. The molecule has 0 fully saturated rings. The van der Waals surface area contributed by atoms with E-state index >= 15 is 0 Å². The summed E-state index contributed by atoms with van der Waals surface area (Å²) in [4.78, 5) is 4.57. The van der Waals surface area contributed by atoms with Crippen molar-refractivity contribution in [2.75, 3.05) is 4.43 Å². The molecule has 4 heteroatoms. The number of fused-ring (bicyclic) bond motifs is 3. The predicted octanol–water partition coefficient (Wildman–Crippen LogP) is 6.10. The molecule has 4 rings (SSSR count). The number of aromatic nitrogens is 1. The van der Waals surface area contributed by atoms with Crippen LogP contribution in [0.2, 0.25) is 5.02 Å². The molecule has 24 heavy (non-hydrogen) atoms. The number of pyridine rings is 1. The number of halogens is 2. The molecule has 2 nitrogen and oxygen atoms in total. The SMILES string of the molecule is C[C@@]1(CI)C[C@@H](c2ccccc2)Oc2c1cc(Cl)c1cccnc21. The van der Waals surface area contributed by atoms with E-state index in [4.69, 9.17) is 16.3 Å². The van der Waals surface area contributed by atoms with Crippen LogP contribution in [0.5, 0.6) is 5.75 Å². The van der Waals surface area contributed by atoms with Gasteiger partial charge in [-0.1, -0.05) is 71.4 Å². The van der Waals surface area contributed by atoms with Gasteiger partial charge < -0.3 is 4.74 Å². The summed E-state index contributed by atoms with van der Waals surface area (Å²) >= 11 is 9.00. The van der Waals surface area contributed by atoms with E-state index in [0.717, 1.165) is 32.5 Å². The molecular weight excluding hydrogens is 433 g/mol. The molecule has 0 spiro atoms. The van der Waals surface area contributed by atoms with Crippen molar-refractivity contribution in [3.63, 3.8) is 0 Å². The molecule has 3 aromatic rings. The van der Waals surface area contributed by atoms with Gasteiger partial charge in [-0.2, -0.15) is 0 Å². The zero-order valence-electron chi connectivity index (χ0n) is 13.3. The van der Waals surface area contributed by atoms with Gasteiger partial charge in [0.05, 0.1) is 5.02 Å². The number of alkyl halides is 1. The zero-order valence-corrected chi connectivity index (χ0v) is 16.2. The molecule has 0 unspecified atom stereocenters. The normalized spacial score (nSPS) is 22.9. The topological polar surface area (TPSA) is 22.1 Å².